The van der Waals surface area contributed by atoms with Crippen molar-refractivity contribution in [2.24, 2.45) is 0 Å². The fourth-order valence-electron chi connectivity index (χ4n) is 7.69. The van der Waals surface area contributed by atoms with E-state index in [1.54, 1.807) is 0 Å². The maximum atomic E-state index is 4.99. The van der Waals surface area contributed by atoms with Gasteiger partial charge in [0.15, 0.2) is 0 Å². The van der Waals surface area contributed by atoms with Gasteiger partial charge in [0, 0.05) is 66.6 Å². The minimum atomic E-state index is -0.704. The maximum Gasteiger partial charge on any atom is 0.0938 e. The summed E-state index contributed by atoms with van der Waals surface area (Å²) in [4.78, 5) is 14.6. The van der Waals surface area contributed by atoms with Gasteiger partial charge < -0.3 is 9.80 Å². The summed E-state index contributed by atoms with van der Waals surface area (Å²) in [6.45, 7) is 0. The molecule has 1 aliphatic carbocycles. The smallest absolute Gasteiger partial charge is 0.0938 e. The van der Waals surface area contributed by atoms with E-state index in [0.717, 1.165) is 76.7 Å². The molecule has 2 aromatic heterocycles. The van der Waals surface area contributed by atoms with Crippen LogP contribution in [0, 0.1) is 0 Å². The van der Waals surface area contributed by atoms with Crippen molar-refractivity contribution in [1.82, 2.24) is 9.97 Å². The van der Waals surface area contributed by atoms with Gasteiger partial charge in [-0.1, -0.05) is 97.1 Å². The highest BCUT2D eigenvalue weighted by molar-refractivity contribution is 9.10. The third-order valence-corrected chi connectivity index (χ3v) is 10.8. The standard InChI is InChI=1S/C47H32Br2N4/c48-35-29-43-45(50-31-35)46-44(30-36(49)32-51-46)47(43,33-21-25-41(26-22-33)52(37-13-5-1-6-14-37)38-15-7-2-8-16-38)34-23-27-42(28-24-34)53(39-17-9-3-10-18-39)40-19-11-4-12-20-40/h1-32H. The zero-order chi connectivity index (χ0) is 35.8. The number of rotatable bonds is 8. The Morgan fingerprint density at radius 1 is 0.358 bits per heavy atom. The molecule has 0 N–H and O–H groups in total. The Morgan fingerprint density at radius 3 is 0.943 bits per heavy atom. The van der Waals surface area contributed by atoms with E-state index >= 15 is 0 Å². The lowest BCUT2D eigenvalue weighted by molar-refractivity contribution is 0.763. The van der Waals surface area contributed by atoms with Crippen LogP contribution in [0.4, 0.5) is 34.1 Å². The van der Waals surface area contributed by atoms with E-state index in [9.17, 15) is 0 Å². The summed E-state index contributed by atoms with van der Waals surface area (Å²) in [7, 11) is 0. The molecule has 0 saturated carbocycles. The summed E-state index contributed by atoms with van der Waals surface area (Å²) in [5.41, 5.74) is 12.0. The van der Waals surface area contributed by atoms with Crippen LogP contribution < -0.4 is 9.80 Å². The SMILES string of the molecule is Brc1cnc2c(c1)C(c1ccc(N(c3ccccc3)c3ccccc3)cc1)(c1ccc(N(c3ccccc3)c3ccccc3)cc1)c1cc(Br)cnc1-2. The van der Waals surface area contributed by atoms with E-state index in [4.69, 9.17) is 9.97 Å². The molecule has 8 aromatic rings. The van der Waals surface area contributed by atoms with Gasteiger partial charge in [-0.3, -0.25) is 9.97 Å². The third-order valence-electron chi connectivity index (χ3n) is 9.92. The van der Waals surface area contributed by atoms with Gasteiger partial charge in [-0.2, -0.15) is 0 Å². The molecule has 0 fully saturated rings. The second-order valence-electron chi connectivity index (χ2n) is 13.0. The Labute approximate surface area is 326 Å². The zero-order valence-corrected chi connectivity index (χ0v) is 31.7. The van der Waals surface area contributed by atoms with Crippen molar-refractivity contribution in [2.75, 3.05) is 9.80 Å². The summed E-state index contributed by atoms with van der Waals surface area (Å²) in [6, 6.07) is 64.4. The average Bonchev–Trinajstić information content (AvgIpc) is 3.49. The molecule has 4 nitrogen and oxygen atoms in total. The molecule has 1 aliphatic rings. The first kappa shape index (κ1) is 33.0. The predicted octanol–water partition coefficient (Wildman–Crippen LogP) is 13.3. The summed E-state index contributed by atoms with van der Waals surface area (Å²) >= 11 is 7.56. The fraction of sp³-hybridized carbons (Fsp3) is 0.0213. The van der Waals surface area contributed by atoms with Gasteiger partial charge >= 0.3 is 0 Å². The second kappa shape index (κ2) is 14.0. The number of fused-ring (bicyclic) bond motifs is 3. The number of halogens is 2. The molecule has 6 aromatic carbocycles. The molecule has 0 atom stereocenters. The fourth-order valence-corrected chi connectivity index (χ4v) is 8.35. The highest BCUT2D eigenvalue weighted by atomic mass is 79.9. The first-order valence-corrected chi connectivity index (χ1v) is 19.0. The lowest BCUT2D eigenvalue weighted by Crippen LogP contribution is -2.29. The molecule has 6 heteroatoms. The molecule has 2 heterocycles. The van der Waals surface area contributed by atoms with Crippen LogP contribution in [0.1, 0.15) is 22.3 Å². The van der Waals surface area contributed by atoms with E-state index in [-0.39, 0.29) is 0 Å². The van der Waals surface area contributed by atoms with Crippen molar-refractivity contribution in [3.8, 4) is 11.4 Å². The first-order chi connectivity index (χ1) is 26.1. The minimum absolute atomic E-state index is 0.704. The summed E-state index contributed by atoms with van der Waals surface area (Å²) < 4.78 is 1.83. The summed E-state index contributed by atoms with van der Waals surface area (Å²) in [5.74, 6) is 0. The lowest BCUT2D eigenvalue weighted by atomic mass is 9.68. The van der Waals surface area contributed by atoms with E-state index in [0.29, 0.717) is 0 Å². The van der Waals surface area contributed by atoms with Crippen molar-refractivity contribution >= 4 is 66.0 Å². The van der Waals surface area contributed by atoms with Crippen molar-refractivity contribution in [3.63, 3.8) is 0 Å². The van der Waals surface area contributed by atoms with Crippen molar-refractivity contribution in [3.05, 3.63) is 226 Å². The van der Waals surface area contributed by atoms with Crippen molar-refractivity contribution in [2.45, 2.75) is 5.41 Å². The highest BCUT2D eigenvalue weighted by Gasteiger charge is 2.48. The van der Waals surface area contributed by atoms with Gasteiger partial charge in [0.1, 0.15) is 0 Å². The van der Waals surface area contributed by atoms with E-state index < -0.39 is 5.41 Å². The van der Waals surface area contributed by atoms with Gasteiger partial charge in [0.2, 0.25) is 0 Å². The normalized spacial score (nSPS) is 12.5. The van der Waals surface area contributed by atoms with Crippen LogP contribution in [0.25, 0.3) is 11.4 Å². The van der Waals surface area contributed by atoms with Crippen LogP contribution in [0.5, 0.6) is 0 Å². The number of aromatic nitrogens is 2. The number of nitrogens with zero attached hydrogens (tertiary/aromatic N) is 4. The van der Waals surface area contributed by atoms with Crippen molar-refractivity contribution < 1.29 is 0 Å². The molecule has 0 bridgehead atoms. The number of hydrogen-bond donors (Lipinski definition) is 0. The van der Waals surface area contributed by atoms with Gasteiger partial charge in [-0.15, -0.1) is 0 Å². The minimum Gasteiger partial charge on any atom is -0.311 e. The van der Waals surface area contributed by atoms with E-state index in [1.807, 2.05) is 12.4 Å². The second-order valence-corrected chi connectivity index (χ2v) is 14.8. The zero-order valence-electron chi connectivity index (χ0n) is 28.5. The molecule has 254 valence electrons. The van der Waals surface area contributed by atoms with Gasteiger partial charge in [-0.05, 0) is 128 Å². The summed E-state index contributed by atoms with van der Waals surface area (Å²) in [6.07, 6.45) is 3.73. The molecule has 0 radical (unpaired) electrons. The van der Waals surface area contributed by atoms with Gasteiger partial charge in [-0.25, -0.2) is 0 Å². The number of hydrogen-bond acceptors (Lipinski definition) is 4. The van der Waals surface area contributed by atoms with Crippen LogP contribution in [0.3, 0.4) is 0 Å². The number of pyridine rings is 2. The Kier molecular flexibility index (Phi) is 8.70. The van der Waals surface area contributed by atoms with Crippen LogP contribution in [-0.4, -0.2) is 9.97 Å². The first-order valence-electron chi connectivity index (χ1n) is 17.5. The van der Waals surface area contributed by atoms with E-state index in [1.165, 1.54) is 0 Å². The third kappa shape index (κ3) is 5.85. The quantitative estimate of drug-likeness (QED) is 0.153. The maximum absolute atomic E-state index is 4.99. The van der Waals surface area contributed by atoms with Gasteiger partial charge in [0.25, 0.3) is 0 Å². The summed E-state index contributed by atoms with van der Waals surface area (Å²) in [5, 5.41) is 0. The highest BCUT2D eigenvalue weighted by Crippen LogP contribution is 2.56. The van der Waals surface area contributed by atoms with Crippen LogP contribution in [0.15, 0.2) is 203 Å². The largest absolute Gasteiger partial charge is 0.311 e. The number of benzene rings is 6. The molecule has 0 unspecified atom stereocenters. The van der Waals surface area contributed by atoms with E-state index in [2.05, 4.69) is 224 Å². The van der Waals surface area contributed by atoms with Gasteiger partial charge in [0.05, 0.1) is 16.8 Å². The van der Waals surface area contributed by atoms with Crippen LogP contribution in [0.2, 0.25) is 0 Å². The molecule has 0 amide bonds. The average molecular weight is 813 g/mol. The monoisotopic (exact) mass is 810 g/mol. The molecule has 0 aliphatic heterocycles. The number of para-hydroxylation sites is 4. The molecule has 0 saturated heterocycles. The number of anilines is 6. The Bertz CT molecular complexity index is 2250. The van der Waals surface area contributed by atoms with Crippen LogP contribution >= 0.6 is 31.9 Å². The Morgan fingerprint density at radius 2 is 0.642 bits per heavy atom. The predicted molar refractivity (Wildman–Crippen MR) is 224 cm³/mol. The Balaban J connectivity index is 1.25. The molecule has 53 heavy (non-hydrogen) atoms. The topological polar surface area (TPSA) is 32.3 Å². The molecular weight excluding hydrogens is 780 g/mol. The molecule has 0 spiro atoms. The Hall–Kier alpha value is -5.82. The molecule has 9 rings (SSSR count). The van der Waals surface area contributed by atoms with Crippen LogP contribution in [-0.2, 0) is 5.41 Å². The van der Waals surface area contributed by atoms with Crippen molar-refractivity contribution in [1.29, 1.82) is 0 Å². The molecular formula is C47H32Br2N4. The lowest BCUT2D eigenvalue weighted by Gasteiger charge is -2.34.